The van der Waals surface area contributed by atoms with Crippen LogP contribution in [0.4, 0.5) is 22.7 Å². The van der Waals surface area contributed by atoms with Gasteiger partial charge < -0.3 is 10.2 Å². The summed E-state index contributed by atoms with van der Waals surface area (Å²) in [6, 6.07) is 21.6. The molecule has 0 saturated heterocycles. The molecule has 0 fully saturated rings. The Morgan fingerprint density at radius 3 is 1.72 bits per heavy atom. The summed E-state index contributed by atoms with van der Waals surface area (Å²) in [6.45, 7) is 0. The van der Waals surface area contributed by atoms with Crippen molar-refractivity contribution in [3.8, 4) is 11.1 Å². The standard InChI is InChI=1S/C36H24N6O9S.Na/c43-33-15-9-24(17-29(33)35(45)46)39-37-22-5-1-20(2-6-22)21-3-7-23(8-4-21)38-41-31-13-14-32(28-19-26(52(49,50)51)11-12-27(28)31)42-40-25-10-16-34(44)30(18-25)36(47)48;/h1-19,37,42H,(H,45,46)(H,47,48)(H,49,50,51);/q;+1/b39-24-,40-25-,41-38?;. The molecule has 0 aliphatic heterocycles. The number of aliphatic carboxylic acids is 2. The van der Waals surface area contributed by atoms with Crippen LogP contribution in [-0.4, -0.2) is 58.1 Å². The summed E-state index contributed by atoms with van der Waals surface area (Å²) in [4.78, 5) is 45.7. The van der Waals surface area contributed by atoms with Gasteiger partial charge in [0.15, 0.2) is 11.6 Å². The Morgan fingerprint density at radius 2 is 1.17 bits per heavy atom. The van der Waals surface area contributed by atoms with Crippen LogP contribution in [0, 0.1) is 0 Å². The summed E-state index contributed by atoms with van der Waals surface area (Å²) < 4.78 is 33.5. The number of nitrogens with one attached hydrogen (secondary N) is 2. The molecule has 0 spiro atoms. The fourth-order valence-corrected chi connectivity index (χ4v) is 5.50. The van der Waals surface area contributed by atoms with E-state index in [2.05, 4.69) is 31.3 Å². The maximum Gasteiger partial charge on any atom is 1.00 e. The van der Waals surface area contributed by atoms with Crippen LogP contribution in [-0.2, 0) is 29.3 Å². The summed E-state index contributed by atoms with van der Waals surface area (Å²) in [7, 11) is -4.56. The van der Waals surface area contributed by atoms with Crippen molar-refractivity contribution in [2.45, 2.75) is 4.90 Å². The maximum absolute atomic E-state index is 11.9. The van der Waals surface area contributed by atoms with E-state index in [4.69, 9.17) is 5.11 Å². The minimum atomic E-state index is -4.56. The molecule has 2 aliphatic carbocycles. The number of fused-ring (bicyclic) bond motifs is 1. The number of hydrazone groups is 2. The first-order valence-corrected chi connectivity index (χ1v) is 16.5. The molecular formula is C36H24N6NaO9S+. The van der Waals surface area contributed by atoms with Crippen molar-refractivity contribution in [3.63, 3.8) is 0 Å². The molecule has 0 radical (unpaired) electrons. The van der Waals surface area contributed by atoms with Gasteiger partial charge in [-0.15, -0.1) is 5.11 Å². The molecule has 17 heteroatoms. The Morgan fingerprint density at radius 1 is 0.623 bits per heavy atom. The smallest absolute Gasteiger partial charge is 0.478 e. The van der Waals surface area contributed by atoms with E-state index >= 15 is 0 Å². The Kier molecular flexibility index (Phi) is 11.5. The van der Waals surface area contributed by atoms with E-state index in [9.17, 15) is 37.3 Å². The van der Waals surface area contributed by atoms with Crippen molar-refractivity contribution >= 4 is 78.6 Å². The van der Waals surface area contributed by atoms with Gasteiger partial charge in [-0.1, -0.05) is 30.3 Å². The molecule has 0 heterocycles. The van der Waals surface area contributed by atoms with Crippen LogP contribution in [0.5, 0.6) is 0 Å². The predicted molar refractivity (Wildman–Crippen MR) is 192 cm³/mol. The van der Waals surface area contributed by atoms with Crippen LogP contribution in [0.2, 0.25) is 0 Å². The summed E-state index contributed by atoms with van der Waals surface area (Å²) >= 11 is 0. The molecule has 53 heavy (non-hydrogen) atoms. The molecule has 0 atom stereocenters. The van der Waals surface area contributed by atoms with Crippen molar-refractivity contribution < 1.29 is 71.9 Å². The van der Waals surface area contributed by atoms with Crippen molar-refractivity contribution in [3.05, 3.63) is 126 Å². The minimum Gasteiger partial charge on any atom is -0.478 e. The van der Waals surface area contributed by atoms with Crippen molar-refractivity contribution in [1.29, 1.82) is 0 Å². The number of benzene rings is 4. The number of nitrogens with zero attached hydrogens (tertiary/aromatic N) is 4. The normalized spacial score (nSPS) is 15.7. The van der Waals surface area contributed by atoms with Gasteiger partial charge in [-0.25, -0.2) is 9.59 Å². The largest absolute Gasteiger partial charge is 1.00 e. The second-order valence-corrected chi connectivity index (χ2v) is 12.5. The number of anilines is 2. The number of hydrogen-bond donors (Lipinski definition) is 5. The third kappa shape index (κ3) is 9.01. The molecule has 0 saturated carbocycles. The number of carbonyl (C=O) groups is 4. The zero-order chi connectivity index (χ0) is 37.0. The molecule has 258 valence electrons. The van der Waals surface area contributed by atoms with Gasteiger partial charge in [-0.05, 0) is 96.1 Å². The summed E-state index contributed by atoms with van der Waals surface area (Å²) in [5.41, 5.74) is 8.75. The monoisotopic (exact) mass is 739 g/mol. The number of carbonyl (C=O) groups excluding carboxylic acids is 2. The molecule has 2 aliphatic rings. The van der Waals surface area contributed by atoms with Crippen LogP contribution in [0.25, 0.3) is 21.9 Å². The predicted octanol–water partition coefficient (Wildman–Crippen LogP) is 3.01. The first-order valence-electron chi connectivity index (χ1n) is 15.0. The van der Waals surface area contributed by atoms with E-state index in [1.54, 1.807) is 36.4 Å². The Bertz CT molecular complexity index is 2520. The molecule has 0 unspecified atom stereocenters. The van der Waals surface area contributed by atoms with E-state index in [1.807, 2.05) is 24.3 Å². The van der Waals surface area contributed by atoms with Crippen LogP contribution in [0.15, 0.2) is 152 Å². The van der Waals surface area contributed by atoms with E-state index in [0.29, 0.717) is 33.5 Å². The Hall–Kier alpha value is -6.17. The quantitative estimate of drug-likeness (QED) is 0.0396. The van der Waals surface area contributed by atoms with Crippen molar-refractivity contribution in [2.24, 2.45) is 20.4 Å². The molecule has 4 aromatic carbocycles. The first-order chi connectivity index (χ1) is 24.9. The third-order valence-electron chi connectivity index (χ3n) is 7.63. The van der Waals surface area contributed by atoms with Crippen LogP contribution in [0.1, 0.15) is 0 Å². The Labute approximate surface area is 322 Å². The van der Waals surface area contributed by atoms with Gasteiger partial charge in [-0.3, -0.25) is 25.0 Å². The van der Waals surface area contributed by atoms with Gasteiger partial charge in [0.1, 0.15) is 11.1 Å². The fourth-order valence-electron chi connectivity index (χ4n) is 4.99. The topological polar surface area (TPSA) is 237 Å². The van der Waals surface area contributed by atoms with Crippen molar-refractivity contribution in [1.82, 2.24) is 0 Å². The van der Waals surface area contributed by atoms with Crippen LogP contribution < -0.4 is 40.4 Å². The van der Waals surface area contributed by atoms with Gasteiger partial charge >= 0.3 is 41.5 Å². The number of allylic oxidation sites excluding steroid dienone is 6. The maximum atomic E-state index is 11.9. The van der Waals surface area contributed by atoms with Gasteiger partial charge in [0.05, 0.1) is 39.1 Å². The van der Waals surface area contributed by atoms with E-state index in [1.165, 1.54) is 36.4 Å². The second kappa shape index (κ2) is 16.0. The number of carboxylic acids is 2. The first kappa shape index (κ1) is 38.1. The molecule has 15 nitrogen and oxygen atoms in total. The zero-order valence-corrected chi connectivity index (χ0v) is 30.3. The number of azo groups is 1. The molecule has 0 aromatic heterocycles. The SMILES string of the molecule is O=C(O)C1=C/C(=N\Nc2ccc(-c3ccc(N=Nc4ccc(N/N=C5/C=CC(=O)C(C(=O)O)=C5)c5cc(S(=O)(=O)O)ccc45)cc3)cc2)C=CC1=O.[Na+]. The number of hydrogen-bond acceptors (Lipinski definition) is 12. The molecule has 0 amide bonds. The number of rotatable bonds is 10. The van der Waals surface area contributed by atoms with E-state index < -0.39 is 39.2 Å². The molecular weight excluding hydrogens is 715 g/mol. The van der Waals surface area contributed by atoms with Gasteiger partial charge in [0.2, 0.25) is 0 Å². The third-order valence-corrected chi connectivity index (χ3v) is 8.48. The summed E-state index contributed by atoms with van der Waals surface area (Å²) in [5.74, 6) is -4.01. The molecule has 4 aromatic rings. The van der Waals surface area contributed by atoms with Crippen LogP contribution in [0.3, 0.4) is 0 Å². The molecule has 0 bridgehead atoms. The summed E-state index contributed by atoms with van der Waals surface area (Å²) in [6.07, 6.45) is 7.25. The summed E-state index contributed by atoms with van der Waals surface area (Å²) in [5, 5.41) is 36.1. The van der Waals surface area contributed by atoms with Crippen LogP contribution >= 0.6 is 0 Å². The molecule has 6 rings (SSSR count). The average Bonchev–Trinajstić information content (AvgIpc) is 3.13. The van der Waals surface area contributed by atoms with E-state index in [-0.39, 0.29) is 51.4 Å². The van der Waals surface area contributed by atoms with Gasteiger partial charge in [0, 0.05) is 10.8 Å². The Balaban J connectivity index is 0.00000541. The van der Waals surface area contributed by atoms with Gasteiger partial charge in [0.25, 0.3) is 10.1 Å². The van der Waals surface area contributed by atoms with Gasteiger partial charge in [-0.2, -0.15) is 23.7 Å². The zero-order valence-electron chi connectivity index (χ0n) is 27.5. The number of carboxylic acid groups (broad SMARTS) is 2. The van der Waals surface area contributed by atoms with E-state index in [0.717, 1.165) is 29.4 Å². The number of ketones is 2. The second-order valence-electron chi connectivity index (χ2n) is 11.1. The van der Waals surface area contributed by atoms with Crippen molar-refractivity contribution in [2.75, 3.05) is 10.9 Å². The fraction of sp³-hybridized carbons (Fsp3) is 0. The minimum absolute atomic E-state index is 0. The molecule has 5 N–H and O–H groups in total. The average molecular weight is 740 g/mol.